The molecule has 0 atom stereocenters. The molecular formula is C60H43N5. The molecule has 65 heavy (non-hydrogen) atoms. The molecule has 1 aliphatic heterocycles. The molecule has 308 valence electrons. The highest BCUT2D eigenvalue weighted by Crippen LogP contribution is 2.60. The minimum absolute atomic E-state index is 0.689. The van der Waals surface area contributed by atoms with Gasteiger partial charge in [-0.1, -0.05) is 212 Å². The van der Waals surface area contributed by atoms with Crippen molar-refractivity contribution in [2.45, 2.75) is 5.66 Å². The van der Waals surface area contributed by atoms with Crippen LogP contribution in [0.25, 0.3) is 44.3 Å². The van der Waals surface area contributed by atoms with E-state index in [-0.39, 0.29) is 0 Å². The molecule has 0 saturated heterocycles. The Balaban J connectivity index is 1.38. The van der Waals surface area contributed by atoms with E-state index >= 15 is 0 Å². The smallest absolute Gasteiger partial charge is 0.177 e. The van der Waals surface area contributed by atoms with E-state index in [9.17, 15) is 0 Å². The first-order chi connectivity index (χ1) is 32.2. The quantitative estimate of drug-likeness (QED) is 0.107. The fourth-order valence-electron chi connectivity index (χ4n) is 9.40. The molecule has 0 fully saturated rings. The summed E-state index contributed by atoms with van der Waals surface area (Å²) in [5.41, 5.74) is 12.5. The van der Waals surface area contributed by atoms with Gasteiger partial charge in [0.1, 0.15) is 11.7 Å². The van der Waals surface area contributed by atoms with Gasteiger partial charge < -0.3 is 0 Å². The van der Waals surface area contributed by atoms with Crippen molar-refractivity contribution in [3.8, 4) is 33.4 Å². The molecule has 1 aliphatic rings. The van der Waals surface area contributed by atoms with Crippen LogP contribution in [0, 0.1) is 0 Å². The first-order valence-corrected chi connectivity index (χ1v) is 21.9. The molecule has 0 radical (unpaired) electrons. The number of rotatable bonds is 9. The van der Waals surface area contributed by atoms with Crippen LogP contribution in [0.15, 0.2) is 259 Å². The number of anilines is 3. The van der Waals surface area contributed by atoms with Crippen molar-refractivity contribution in [3.63, 3.8) is 0 Å². The molecule has 5 heteroatoms. The fourth-order valence-corrected chi connectivity index (χ4v) is 9.40. The predicted molar refractivity (Wildman–Crippen MR) is 271 cm³/mol. The lowest BCUT2D eigenvalue weighted by Crippen LogP contribution is -2.56. The lowest BCUT2D eigenvalue weighted by Gasteiger charge is -2.47. The number of hydrogen-bond acceptors (Lipinski definition) is 4. The molecule has 1 aromatic heterocycles. The van der Waals surface area contributed by atoms with Crippen molar-refractivity contribution < 1.29 is 0 Å². The molecule has 10 aromatic rings. The van der Waals surface area contributed by atoms with Crippen LogP contribution in [0.1, 0.15) is 16.7 Å². The first-order valence-electron chi connectivity index (χ1n) is 21.9. The van der Waals surface area contributed by atoms with Gasteiger partial charge >= 0.3 is 0 Å². The zero-order valence-corrected chi connectivity index (χ0v) is 35.6. The van der Waals surface area contributed by atoms with Crippen molar-refractivity contribution in [1.29, 1.82) is 0 Å². The number of aliphatic imine (C=N–C) groups is 2. The SMILES string of the molecule is C=Nc1ccccc1/N=C(\c1ccccc1)N1c2cc(-c3ccccc3)c(-c3ccccc3)cc2N(c2nc3ccccc3cc2-c2ccccc2)C1(c1ccccc1)c1ccccc1. The van der Waals surface area contributed by atoms with E-state index in [1.807, 2.05) is 24.3 Å². The number of benzene rings is 9. The van der Waals surface area contributed by atoms with Gasteiger partial charge in [0, 0.05) is 27.6 Å². The predicted octanol–water partition coefficient (Wildman–Crippen LogP) is 15.2. The number of para-hydroxylation sites is 3. The lowest BCUT2D eigenvalue weighted by molar-refractivity contribution is 0.566. The van der Waals surface area contributed by atoms with Gasteiger partial charge in [-0.15, -0.1) is 0 Å². The highest BCUT2D eigenvalue weighted by atomic mass is 15.5. The summed E-state index contributed by atoms with van der Waals surface area (Å²) < 4.78 is 0. The van der Waals surface area contributed by atoms with E-state index < -0.39 is 5.66 Å². The summed E-state index contributed by atoms with van der Waals surface area (Å²) in [6.45, 7) is 3.98. The Bertz CT molecular complexity index is 3280. The molecule has 0 aliphatic carbocycles. The normalized spacial score (nSPS) is 13.1. The summed E-state index contributed by atoms with van der Waals surface area (Å²) in [5.74, 6) is 1.53. The molecule has 0 bridgehead atoms. The Hall–Kier alpha value is -8.67. The molecule has 0 unspecified atom stereocenters. The number of nitrogens with zero attached hydrogens (tertiary/aromatic N) is 5. The summed E-state index contributed by atoms with van der Waals surface area (Å²) in [7, 11) is 0. The lowest BCUT2D eigenvalue weighted by atomic mass is 9.87. The van der Waals surface area contributed by atoms with E-state index in [1.165, 1.54) is 0 Å². The Morgan fingerprint density at radius 1 is 0.431 bits per heavy atom. The third-order valence-electron chi connectivity index (χ3n) is 12.3. The molecule has 0 N–H and O–H groups in total. The maximum Gasteiger partial charge on any atom is 0.177 e. The van der Waals surface area contributed by atoms with Crippen LogP contribution in [0.5, 0.6) is 0 Å². The van der Waals surface area contributed by atoms with Crippen LogP contribution in [-0.2, 0) is 5.66 Å². The number of aromatic nitrogens is 1. The molecule has 0 amide bonds. The summed E-state index contributed by atoms with van der Waals surface area (Å²) in [6, 6.07) is 87.6. The van der Waals surface area contributed by atoms with Crippen LogP contribution < -0.4 is 9.80 Å². The monoisotopic (exact) mass is 833 g/mol. The van der Waals surface area contributed by atoms with Gasteiger partial charge in [0.25, 0.3) is 0 Å². The third-order valence-corrected chi connectivity index (χ3v) is 12.3. The molecule has 5 nitrogen and oxygen atoms in total. The molecule has 2 heterocycles. The van der Waals surface area contributed by atoms with E-state index in [0.717, 1.165) is 84.0 Å². The average molecular weight is 834 g/mol. The number of pyridine rings is 1. The summed E-state index contributed by atoms with van der Waals surface area (Å²) in [6.07, 6.45) is 0. The van der Waals surface area contributed by atoms with Crippen LogP contribution in [-0.4, -0.2) is 17.5 Å². The van der Waals surface area contributed by atoms with E-state index in [1.54, 1.807) is 0 Å². The van der Waals surface area contributed by atoms with Crippen LogP contribution in [0.2, 0.25) is 0 Å². The third kappa shape index (κ3) is 6.87. The zero-order valence-electron chi connectivity index (χ0n) is 35.6. The zero-order chi connectivity index (χ0) is 43.6. The van der Waals surface area contributed by atoms with Crippen molar-refractivity contribution in [1.82, 2.24) is 4.98 Å². The maximum atomic E-state index is 5.78. The Morgan fingerprint density at radius 2 is 0.877 bits per heavy atom. The number of fused-ring (bicyclic) bond motifs is 2. The van der Waals surface area contributed by atoms with Gasteiger partial charge in [-0.25, -0.2) is 9.98 Å². The summed E-state index contributed by atoms with van der Waals surface area (Å²) in [4.78, 5) is 20.9. The summed E-state index contributed by atoms with van der Waals surface area (Å²) >= 11 is 0. The second-order valence-corrected chi connectivity index (χ2v) is 16.1. The maximum absolute atomic E-state index is 5.78. The topological polar surface area (TPSA) is 44.1 Å². The van der Waals surface area contributed by atoms with Crippen LogP contribution in [0.4, 0.5) is 28.6 Å². The van der Waals surface area contributed by atoms with Gasteiger partial charge in [0.2, 0.25) is 0 Å². The largest absolute Gasteiger partial charge is 0.291 e. The van der Waals surface area contributed by atoms with Crippen molar-refractivity contribution in [3.05, 3.63) is 265 Å². The second-order valence-electron chi connectivity index (χ2n) is 16.1. The van der Waals surface area contributed by atoms with Gasteiger partial charge in [-0.05, 0) is 70.9 Å². The van der Waals surface area contributed by atoms with Crippen molar-refractivity contribution in [2.24, 2.45) is 9.98 Å². The standard InChI is InChI=1S/C60H43N5/c1-61-54-38-22-23-39-55(54)63-58(46-30-14-5-15-31-46)64-56-41-50(43-24-8-2-9-25-43)51(44-26-10-3-11-27-44)42-57(56)65(60(64,48-33-16-6-17-34-48)49-35-18-7-19-36-49)59-52(45-28-12-4-13-29-45)40-47-32-20-21-37-53(47)62-59/h2-42H,1H2/b63-58+. The number of amidine groups is 1. The molecule has 11 rings (SSSR count). The summed E-state index contributed by atoms with van der Waals surface area (Å²) in [5, 5.41) is 1.06. The van der Waals surface area contributed by atoms with E-state index in [2.05, 4.69) is 246 Å². The van der Waals surface area contributed by atoms with Gasteiger partial charge in [0.05, 0.1) is 28.3 Å². The first kappa shape index (κ1) is 39.2. The van der Waals surface area contributed by atoms with Crippen LogP contribution in [0.3, 0.4) is 0 Å². The van der Waals surface area contributed by atoms with Crippen molar-refractivity contribution >= 4 is 52.0 Å². The molecular weight excluding hydrogens is 791 g/mol. The fraction of sp³-hybridized carbons (Fsp3) is 0.0167. The Kier molecular flexibility index (Phi) is 10.2. The minimum atomic E-state index is -1.14. The Labute approximate surface area is 379 Å². The molecule has 0 spiro atoms. The molecule has 0 saturated carbocycles. The average Bonchev–Trinajstić information content (AvgIpc) is 3.69. The number of hydrogen-bond donors (Lipinski definition) is 0. The minimum Gasteiger partial charge on any atom is -0.291 e. The van der Waals surface area contributed by atoms with E-state index in [0.29, 0.717) is 11.4 Å². The highest BCUT2D eigenvalue weighted by molar-refractivity contribution is 6.18. The van der Waals surface area contributed by atoms with Gasteiger partial charge in [-0.2, -0.15) is 0 Å². The van der Waals surface area contributed by atoms with Crippen molar-refractivity contribution in [2.75, 3.05) is 9.80 Å². The van der Waals surface area contributed by atoms with Gasteiger partial charge in [0.15, 0.2) is 5.66 Å². The van der Waals surface area contributed by atoms with E-state index in [4.69, 9.17) is 9.98 Å². The van der Waals surface area contributed by atoms with Gasteiger partial charge in [-0.3, -0.25) is 14.8 Å². The molecule has 9 aromatic carbocycles. The Morgan fingerprint density at radius 3 is 1.43 bits per heavy atom. The van der Waals surface area contributed by atoms with Crippen LogP contribution >= 0.6 is 0 Å². The second kappa shape index (κ2) is 16.9. The highest BCUT2D eigenvalue weighted by Gasteiger charge is 2.56.